The van der Waals surface area contributed by atoms with Crippen molar-refractivity contribution in [2.24, 2.45) is 11.8 Å². The minimum absolute atomic E-state index is 0.229. The van der Waals surface area contributed by atoms with E-state index in [0.29, 0.717) is 17.8 Å². The number of nitrogens with two attached hydrogens (primary N) is 1. The summed E-state index contributed by atoms with van der Waals surface area (Å²) < 4.78 is 13.8. The Labute approximate surface area is 106 Å². The van der Waals surface area contributed by atoms with Crippen molar-refractivity contribution >= 4 is 11.8 Å². The van der Waals surface area contributed by atoms with Crippen LogP contribution in [-0.2, 0) is 0 Å². The number of hydrazine groups is 1. The molecule has 2 unspecified atom stereocenters. The van der Waals surface area contributed by atoms with Gasteiger partial charge in [-0.15, -0.1) is 0 Å². The van der Waals surface area contributed by atoms with Crippen molar-refractivity contribution < 1.29 is 4.39 Å². The van der Waals surface area contributed by atoms with Gasteiger partial charge in [0.2, 0.25) is 5.95 Å². The highest BCUT2D eigenvalue weighted by Gasteiger charge is 2.33. The van der Waals surface area contributed by atoms with Crippen molar-refractivity contribution in [1.29, 1.82) is 0 Å². The van der Waals surface area contributed by atoms with Gasteiger partial charge in [0, 0.05) is 19.1 Å². The molecule has 6 nitrogen and oxygen atoms in total. The van der Waals surface area contributed by atoms with Gasteiger partial charge in [-0.1, -0.05) is 6.92 Å². The molecule has 0 aliphatic carbocycles. The molecule has 3 N–H and O–H groups in total. The van der Waals surface area contributed by atoms with Crippen LogP contribution in [0.5, 0.6) is 0 Å². The molecular weight excluding hydrogens is 235 g/mol. The van der Waals surface area contributed by atoms with E-state index in [0.717, 1.165) is 19.3 Å². The summed E-state index contributed by atoms with van der Waals surface area (Å²) in [7, 11) is 4.07. The molecule has 0 aromatic carbocycles. The Balaban J connectivity index is 2.23. The van der Waals surface area contributed by atoms with Crippen molar-refractivity contribution in [2.45, 2.75) is 13.0 Å². The number of nitrogen functional groups attached to an aromatic ring is 1. The predicted molar refractivity (Wildman–Crippen MR) is 68.7 cm³/mol. The number of halogens is 1. The Kier molecular flexibility index (Phi) is 3.63. The van der Waals surface area contributed by atoms with Crippen molar-refractivity contribution in [3.8, 4) is 0 Å². The van der Waals surface area contributed by atoms with Crippen molar-refractivity contribution in [1.82, 2.24) is 14.9 Å². The van der Waals surface area contributed by atoms with Gasteiger partial charge < -0.3 is 9.80 Å². The van der Waals surface area contributed by atoms with Crippen LogP contribution in [0.1, 0.15) is 6.92 Å². The zero-order valence-corrected chi connectivity index (χ0v) is 10.9. The van der Waals surface area contributed by atoms with E-state index in [2.05, 4.69) is 27.2 Å². The molecule has 100 valence electrons. The summed E-state index contributed by atoms with van der Waals surface area (Å²) in [5.41, 5.74) is 2.34. The largest absolute Gasteiger partial charge is 0.352 e. The van der Waals surface area contributed by atoms with Gasteiger partial charge in [0.15, 0.2) is 11.6 Å². The van der Waals surface area contributed by atoms with E-state index in [-0.39, 0.29) is 5.95 Å². The lowest BCUT2D eigenvalue weighted by Crippen LogP contribution is -2.34. The second-order valence-corrected chi connectivity index (χ2v) is 4.92. The number of hydrogen-bond donors (Lipinski definition) is 2. The first kappa shape index (κ1) is 13.0. The number of nitrogens with zero attached hydrogens (tertiary/aromatic N) is 4. The lowest BCUT2D eigenvalue weighted by Gasteiger charge is -2.22. The smallest absolute Gasteiger partial charge is 0.239 e. The monoisotopic (exact) mass is 254 g/mol. The highest BCUT2D eigenvalue weighted by molar-refractivity contribution is 5.45. The molecule has 0 amide bonds. The quantitative estimate of drug-likeness (QED) is 0.597. The van der Waals surface area contributed by atoms with Crippen LogP contribution < -0.4 is 16.2 Å². The third-order valence-electron chi connectivity index (χ3n) is 3.39. The van der Waals surface area contributed by atoms with E-state index in [1.54, 1.807) is 0 Å². The number of likely N-dealkylation sites (N-methyl/N-ethyl adjacent to an activating group) is 1. The third kappa shape index (κ3) is 2.37. The number of anilines is 2. The van der Waals surface area contributed by atoms with Crippen LogP contribution in [0.4, 0.5) is 16.2 Å². The topological polar surface area (TPSA) is 70.3 Å². The number of nitrogens with one attached hydrogen (secondary N) is 1. The number of hydrogen-bond acceptors (Lipinski definition) is 6. The molecular formula is C11H19FN6. The van der Waals surface area contributed by atoms with Gasteiger partial charge in [-0.2, -0.15) is 4.98 Å². The van der Waals surface area contributed by atoms with E-state index in [4.69, 9.17) is 5.84 Å². The van der Waals surface area contributed by atoms with Crippen LogP contribution in [0.3, 0.4) is 0 Å². The molecule has 0 saturated carbocycles. The first-order valence-corrected chi connectivity index (χ1v) is 5.93. The Bertz CT molecular complexity index is 424. The molecule has 1 aliphatic rings. The van der Waals surface area contributed by atoms with E-state index >= 15 is 0 Å². The molecule has 2 heterocycles. The van der Waals surface area contributed by atoms with Crippen LogP contribution in [0, 0.1) is 11.7 Å². The van der Waals surface area contributed by atoms with Gasteiger partial charge in [-0.3, -0.25) is 5.43 Å². The van der Waals surface area contributed by atoms with Crippen LogP contribution >= 0.6 is 0 Å². The maximum absolute atomic E-state index is 13.8. The Morgan fingerprint density at radius 2 is 2.22 bits per heavy atom. The third-order valence-corrected chi connectivity index (χ3v) is 3.39. The van der Waals surface area contributed by atoms with E-state index in [1.807, 2.05) is 19.0 Å². The highest BCUT2D eigenvalue weighted by Crippen LogP contribution is 2.26. The minimum atomic E-state index is -0.416. The van der Waals surface area contributed by atoms with Crippen molar-refractivity contribution in [2.75, 3.05) is 37.5 Å². The zero-order chi connectivity index (χ0) is 13.3. The first-order chi connectivity index (χ1) is 8.52. The van der Waals surface area contributed by atoms with Gasteiger partial charge in [-0.05, 0) is 20.0 Å². The van der Waals surface area contributed by atoms with E-state index in [1.165, 1.54) is 0 Å². The van der Waals surface area contributed by atoms with Gasteiger partial charge in [0.1, 0.15) is 0 Å². The van der Waals surface area contributed by atoms with Gasteiger partial charge in [0.05, 0.1) is 6.20 Å². The molecule has 7 heteroatoms. The lowest BCUT2D eigenvalue weighted by atomic mass is 10.1. The average Bonchev–Trinajstić information content (AvgIpc) is 2.72. The predicted octanol–water partition coefficient (Wildman–Crippen LogP) is 0.288. The molecule has 2 atom stereocenters. The molecule has 1 saturated heterocycles. The summed E-state index contributed by atoms with van der Waals surface area (Å²) in [5, 5.41) is 0. The second kappa shape index (κ2) is 5.03. The van der Waals surface area contributed by atoms with Crippen LogP contribution in [0.25, 0.3) is 0 Å². The summed E-state index contributed by atoms with van der Waals surface area (Å²) in [5.74, 6) is 5.83. The summed E-state index contributed by atoms with van der Waals surface area (Å²) in [6, 6.07) is 0.397. The van der Waals surface area contributed by atoms with Crippen molar-refractivity contribution in [3.63, 3.8) is 0 Å². The Morgan fingerprint density at radius 1 is 1.50 bits per heavy atom. The second-order valence-electron chi connectivity index (χ2n) is 4.92. The van der Waals surface area contributed by atoms with Gasteiger partial charge in [0.25, 0.3) is 0 Å². The summed E-state index contributed by atoms with van der Waals surface area (Å²) >= 11 is 0. The Morgan fingerprint density at radius 3 is 2.78 bits per heavy atom. The van der Waals surface area contributed by atoms with Gasteiger partial charge in [-0.25, -0.2) is 15.2 Å². The molecule has 0 bridgehead atoms. The summed E-state index contributed by atoms with van der Waals surface area (Å²) in [6.07, 6.45) is 1.14. The zero-order valence-electron chi connectivity index (χ0n) is 10.9. The van der Waals surface area contributed by atoms with Gasteiger partial charge >= 0.3 is 0 Å². The lowest BCUT2D eigenvalue weighted by molar-refractivity contribution is 0.266. The van der Waals surface area contributed by atoms with Crippen LogP contribution in [0.2, 0.25) is 0 Å². The first-order valence-electron chi connectivity index (χ1n) is 5.93. The molecule has 2 rings (SSSR count). The van der Waals surface area contributed by atoms with Crippen molar-refractivity contribution in [3.05, 3.63) is 12.0 Å². The summed E-state index contributed by atoms with van der Waals surface area (Å²) in [6.45, 7) is 3.69. The molecule has 1 fully saturated rings. The molecule has 0 radical (unpaired) electrons. The number of aromatic nitrogens is 2. The normalized spacial score (nSPS) is 23.8. The molecule has 1 aromatic rings. The Hall–Kier alpha value is -1.47. The minimum Gasteiger partial charge on any atom is -0.352 e. The average molecular weight is 254 g/mol. The van der Waals surface area contributed by atoms with Crippen LogP contribution in [0.15, 0.2) is 6.20 Å². The molecule has 1 aromatic heterocycles. The van der Waals surface area contributed by atoms with Crippen LogP contribution in [-0.4, -0.2) is 48.1 Å². The summed E-state index contributed by atoms with van der Waals surface area (Å²) in [4.78, 5) is 11.9. The number of rotatable bonds is 3. The molecule has 0 spiro atoms. The maximum atomic E-state index is 13.8. The fraction of sp³-hybridized carbons (Fsp3) is 0.636. The van der Waals surface area contributed by atoms with E-state index < -0.39 is 5.82 Å². The fourth-order valence-electron chi connectivity index (χ4n) is 2.44. The molecule has 18 heavy (non-hydrogen) atoms. The standard InChI is InChI=1S/C11H19FN6/c1-7-5-18(6-9(7)17(2)3)10-8(12)4-14-11(15-10)16-13/h4,7,9H,5-6,13H2,1-3H3,(H,14,15,16). The molecule has 1 aliphatic heterocycles. The SMILES string of the molecule is CC1CN(c2nc(NN)ncc2F)CC1N(C)C. The fourth-order valence-corrected chi connectivity index (χ4v) is 2.44. The maximum Gasteiger partial charge on any atom is 0.239 e. The highest BCUT2D eigenvalue weighted by atomic mass is 19.1. The van der Waals surface area contributed by atoms with E-state index in [9.17, 15) is 4.39 Å².